The fraction of sp³-hybridized carbons (Fsp3) is 1.00. The van der Waals surface area contributed by atoms with Crippen molar-refractivity contribution in [1.82, 2.24) is 0 Å². The second-order valence-electron chi connectivity index (χ2n) is 6.98. The Morgan fingerprint density at radius 3 is 2.62 bits per heavy atom. The van der Waals surface area contributed by atoms with E-state index in [1.807, 2.05) is 0 Å². The van der Waals surface area contributed by atoms with Crippen molar-refractivity contribution >= 4 is 0 Å². The predicted molar refractivity (Wildman–Crippen MR) is 66.1 cm³/mol. The van der Waals surface area contributed by atoms with E-state index in [4.69, 9.17) is 0 Å². The number of aliphatic hydroxyl groups is 1. The molecule has 6 atom stereocenters. The molecular weight excluding hydrogens is 196 g/mol. The van der Waals surface area contributed by atoms with Gasteiger partial charge in [-0.25, -0.2) is 0 Å². The first-order chi connectivity index (χ1) is 7.63. The van der Waals surface area contributed by atoms with Gasteiger partial charge >= 0.3 is 0 Å². The topological polar surface area (TPSA) is 20.2 Å². The largest absolute Gasteiger partial charge is 0.393 e. The molecular formula is C15H26O. The fourth-order valence-corrected chi connectivity index (χ4v) is 5.30. The predicted octanol–water partition coefficient (Wildman–Crippen LogP) is 3.61. The summed E-state index contributed by atoms with van der Waals surface area (Å²) in [6.07, 6.45) is 9.36. The Kier molecular flexibility index (Phi) is 2.58. The lowest BCUT2D eigenvalue weighted by Crippen LogP contribution is -2.46. The molecule has 1 nitrogen and oxygen atoms in total. The highest BCUT2D eigenvalue weighted by Crippen LogP contribution is 2.59. The Morgan fingerprint density at radius 1 is 1.00 bits per heavy atom. The van der Waals surface area contributed by atoms with Crippen molar-refractivity contribution in [2.75, 3.05) is 0 Å². The lowest BCUT2D eigenvalue weighted by atomic mass is 9.54. The third-order valence-corrected chi connectivity index (χ3v) is 6.37. The van der Waals surface area contributed by atoms with Gasteiger partial charge in [0.25, 0.3) is 0 Å². The molecule has 0 aromatic carbocycles. The molecule has 92 valence electrons. The van der Waals surface area contributed by atoms with Crippen LogP contribution in [0.4, 0.5) is 0 Å². The molecule has 3 saturated carbocycles. The molecule has 3 aliphatic rings. The van der Waals surface area contributed by atoms with E-state index < -0.39 is 0 Å². The molecule has 6 unspecified atom stereocenters. The zero-order valence-corrected chi connectivity index (χ0v) is 10.8. The van der Waals surface area contributed by atoms with Gasteiger partial charge in [0.1, 0.15) is 0 Å². The summed E-state index contributed by atoms with van der Waals surface area (Å²) in [6, 6.07) is 0. The average Bonchev–Trinajstić information content (AvgIpc) is 2.56. The summed E-state index contributed by atoms with van der Waals surface area (Å²) >= 11 is 0. The van der Waals surface area contributed by atoms with Crippen LogP contribution in [-0.4, -0.2) is 11.2 Å². The first-order valence-electron chi connectivity index (χ1n) is 7.31. The number of aliphatic hydroxyl groups excluding tert-OH is 1. The molecule has 3 aliphatic carbocycles. The fourth-order valence-electron chi connectivity index (χ4n) is 5.30. The van der Waals surface area contributed by atoms with Crippen LogP contribution in [0.3, 0.4) is 0 Å². The Balaban J connectivity index is 1.86. The molecule has 0 radical (unpaired) electrons. The Labute approximate surface area is 99.6 Å². The number of hydrogen-bond donors (Lipinski definition) is 1. The summed E-state index contributed by atoms with van der Waals surface area (Å²) in [7, 11) is 0. The van der Waals surface area contributed by atoms with E-state index in [1.165, 1.54) is 38.5 Å². The second-order valence-corrected chi connectivity index (χ2v) is 6.98. The SMILES string of the molecule is CC1CCCC2C1CCC1(C)C(O)CCC21. The van der Waals surface area contributed by atoms with E-state index >= 15 is 0 Å². The highest BCUT2D eigenvalue weighted by molar-refractivity contribution is 5.04. The summed E-state index contributed by atoms with van der Waals surface area (Å²) in [5, 5.41) is 10.2. The van der Waals surface area contributed by atoms with Crippen LogP contribution >= 0.6 is 0 Å². The van der Waals surface area contributed by atoms with Crippen molar-refractivity contribution in [2.24, 2.45) is 29.1 Å². The van der Waals surface area contributed by atoms with Gasteiger partial charge in [0.05, 0.1) is 6.10 Å². The Morgan fingerprint density at radius 2 is 1.81 bits per heavy atom. The van der Waals surface area contributed by atoms with E-state index in [0.717, 1.165) is 30.1 Å². The van der Waals surface area contributed by atoms with E-state index in [1.54, 1.807) is 0 Å². The molecule has 0 amide bonds. The number of hydrogen-bond acceptors (Lipinski definition) is 1. The van der Waals surface area contributed by atoms with Gasteiger partial charge in [0, 0.05) is 0 Å². The van der Waals surface area contributed by atoms with Gasteiger partial charge in [-0.15, -0.1) is 0 Å². The van der Waals surface area contributed by atoms with Crippen molar-refractivity contribution in [2.45, 2.75) is 64.9 Å². The number of fused-ring (bicyclic) bond motifs is 3. The van der Waals surface area contributed by atoms with Gasteiger partial charge in [-0.3, -0.25) is 0 Å². The lowest BCUT2D eigenvalue weighted by molar-refractivity contribution is -0.0582. The molecule has 3 rings (SSSR count). The molecule has 1 heteroatoms. The summed E-state index contributed by atoms with van der Waals surface area (Å²) in [4.78, 5) is 0. The van der Waals surface area contributed by atoms with Crippen molar-refractivity contribution < 1.29 is 5.11 Å². The minimum atomic E-state index is -0.00400. The van der Waals surface area contributed by atoms with Gasteiger partial charge in [-0.05, 0) is 61.2 Å². The van der Waals surface area contributed by atoms with Crippen LogP contribution in [0.1, 0.15) is 58.8 Å². The molecule has 0 aromatic heterocycles. The number of rotatable bonds is 0. The van der Waals surface area contributed by atoms with Crippen LogP contribution in [0.5, 0.6) is 0 Å². The van der Waals surface area contributed by atoms with Crippen LogP contribution in [0.15, 0.2) is 0 Å². The molecule has 0 bridgehead atoms. The van der Waals surface area contributed by atoms with E-state index in [2.05, 4.69) is 13.8 Å². The maximum Gasteiger partial charge on any atom is 0.0596 e. The van der Waals surface area contributed by atoms with Crippen molar-refractivity contribution in [1.29, 1.82) is 0 Å². The highest BCUT2D eigenvalue weighted by atomic mass is 16.3. The minimum Gasteiger partial charge on any atom is -0.393 e. The average molecular weight is 222 g/mol. The zero-order valence-electron chi connectivity index (χ0n) is 10.8. The maximum absolute atomic E-state index is 10.2. The van der Waals surface area contributed by atoms with Crippen LogP contribution in [-0.2, 0) is 0 Å². The van der Waals surface area contributed by atoms with Crippen molar-refractivity contribution in [3.05, 3.63) is 0 Å². The van der Waals surface area contributed by atoms with Crippen LogP contribution < -0.4 is 0 Å². The van der Waals surface area contributed by atoms with Gasteiger partial charge in [-0.2, -0.15) is 0 Å². The Bertz CT molecular complexity index is 275. The van der Waals surface area contributed by atoms with E-state index in [0.29, 0.717) is 0 Å². The van der Waals surface area contributed by atoms with Crippen molar-refractivity contribution in [3.8, 4) is 0 Å². The summed E-state index contributed by atoms with van der Waals surface area (Å²) < 4.78 is 0. The second kappa shape index (κ2) is 3.73. The highest BCUT2D eigenvalue weighted by Gasteiger charge is 2.54. The smallest absolute Gasteiger partial charge is 0.0596 e. The standard InChI is InChI=1S/C15H26O/c1-10-4-3-5-12-11(10)8-9-15(2)13(12)6-7-14(15)16/h10-14,16H,3-9H2,1-2H3. The Hall–Kier alpha value is -0.0400. The maximum atomic E-state index is 10.2. The first kappa shape index (κ1) is 11.1. The molecule has 16 heavy (non-hydrogen) atoms. The molecule has 0 aliphatic heterocycles. The van der Waals surface area contributed by atoms with E-state index in [9.17, 15) is 5.11 Å². The van der Waals surface area contributed by atoms with Gasteiger partial charge < -0.3 is 5.11 Å². The molecule has 0 saturated heterocycles. The minimum absolute atomic E-state index is 0.00400. The van der Waals surface area contributed by atoms with Crippen molar-refractivity contribution in [3.63, 3.8) is 0 Å². The molecule has 0 heterocycles. The van der Waals surface area contributed by atoms with Gasteiger partial charge in [0.15, 0.2) is 0 Å². The van der Waals surface area contributed by atoms with Gasteiger partial charge in [-0.1, -0.05) is 26.7 Å². The molecule has 0 aromatic rings. The van der Waals surface area contributed by atoms with E-state index in [-0.39, 0.29) is 11.5 Å². The monoisotopic (exact) mass is 222 g/mol. The normalized spacial score (nSPS) is 56.8. The lowest BCUT2D eigenvalue weighted by Gasteiger charge is -2.51. The van der Waals surface area contributed by atoms with Gasteiger partial charge in [0.2, 0.25) is 0 Å². The van der Waals surface area contributed by atoms with Crippen LogP contribution in [0.25, 0.3) is 0 Å². The molecule has 3 fully saturated rings. The quantitative estimate of drug-likeness (QED) is 0.664. The third kappa shape index (κ3) is 1.40. The molecule has 0 spiro atoms. The summed E-state index contributed by atoms with van der Waals surface area (Å²) in [6.45, 7) is 4.83. The summed E-state index contributed by atoms with van der Waals surface area (Å²) in [5.41, 5.74) is 0.276. The third-order valence-electron chi connectivity index (χ3n) is 6.37. The molecule has 1 N–H and O–H groups in total. The zero-order chi connectivity index (χ0) is 11.3. The van der Waals surface area contributed by atoms with Crippen LogP contribution in [0.2, 0.25) is 0 Å². The van der Waals surface area contributed by atoms with Crippen LogP contribution in [0, 0.1) is 29.1 Å². The summed E-state index contributed by atoms with van der Waals surface area (Å²) in [5.74, 6) is 3.71. The first-order valence-corrected chi connectivity index (χ1v) is 7.31.